The van der Waals surface area contributed by atoms with Crippen molar-refractivity contribution < 1.29 is 23.9 Å². The number of ether oxygens (including phenoxy) is 2. The van der Waals surface area contributed by atoms with Gasteiger partial charge >= 0.3 is 0 Å². The maximum absolute atomic E-state index is 12.5. The van der Waals surface area contributed by atoms with Gasteiger partial charge in [-0.2, -0.15) is 0 Å². The monoisotopic (exact) mass is 382 g/mol. The Kier molecular flexibility index (Phi) is 5.63. The van der Waals surface area contributed by atoms with Crippen molar-refractivity contribution in [2.45, 2.75) is 6.42 Å². The van der Waals surface area contributed by atoms with Crippen LogP contribution in [0.1, 0.15) is 26.3 Å². The Bertz CT molecular complexity index is 890. The van der Waals surface area contributed by atoms with Gasteiger partial charge in [-0.3, -0.25) is 19.3 Å². The van der Waals surface area contributed by atoms with E-state index in [1.165, 1.54) is 4.90 Å². The highest BCUT2D eigenvalue weighted by Gasteiger charge is 2.36. The van der Waals surface area contributed by atoms with Gasteiger partial charge < -0.3 is 14.4 Å². The van der Waals surface area contributed by atoms with Crippen molar-refractivity contribution in [1.29, 1.82) is 0 Å². The van der Waals surface area contributed by atoms with Crippen molar-refractivity contribution >= 4 is 17.7 Å². The van der Waals surface area contributed by atoms with Crippen molar-refractivity contribution in [2.75, 3.05) is 34.4 Å². The molecular formula is C21H22N2O5. The van der Waals surface area contributed by atoms with E-state index in [9.17, 15) is 14.4 Å². The standard InChI is InChI=1S/C21H22N2O5/c1-22(11-10-14-8-9-17(27-2)18(12-14)28-3)19(24)13-23-20(25)15-6-4-5-7-16(15)21(23)26/h4-9,12H,10-11,13H2,1-3H3. The molecule has 1 heterocycles. The van der Waals surface area contributed by atoms with Crippen LogP contribution in [0.5, 0.6) is 11.5 Å². The fourth-order valence-electron chi connectivity index (χ4n) is 3.10. The first-order chi connectivity index (χ1) is 13.5. The van der Waals surface area contributed by atoms with Crippen molar-refractivity contribution in [3.8, 4) is 11.5 Å². The number of imide groups is 1. The van der Waals surface area contributed by atoms with E-state index in [-0.39, 0.29) is 12.5 Å². The molecule has 0 radical (unpaired) electrons. The molecule has 146 valence electrons. The Morgan fingerprint density at radius 2 is 1.57 bits per heavy atom. The number of amides is 3. The van der Waals surface area contributed by atoms with Gasteiger partial charge in [-0.05, 0) is 36.2 Å². The first kappa shape index (κ1) is 19.4. The molecule has 0 saturated carbocycles. The zero-order valence-corrected chi connectivity index (χ0v) is 16.1. The second kappa shape index (κ2) is 8.12. The molecule has 2 aromatic rings. The average Bonchev–Trinajstić information content (AvgIpc) is 2.96. The fraction of sp³-hybridized carbons (Fsp3) is 0.286. The van der Waals surface area contributed by atoms with Gasteiger partial charge in [-0.1, -0.05) is 18.2 Å². The van der Waals surface area contributed by atoms with Gasteiger partial charge in [0.25, 0.3) is 11.8 Å². The largest absolute Gasteiger partial charge is 0.493 e. The van der Waals surface area contributed by atoms with Crippen LogP contribution in [-0.4, -0.2) is 61.9 Å². The van der Waals surface area contributed by atoms with Crippen LogP contribution < -0.4 is 9.47 Å². The minimum atomic E-state index is -0.428. The lowest BCUT2D eigenvalue weighted by Crippen LogP contribution is -2.41. The number of methoxy groups -OCH3 is 2. The van der Waals surface area contributed by atoms with Crippen LogP contribution in [0, 0.1) is 0 Å². The molecule has 7 nitrogen and oxygen atoms in total. The number of benzene rings is 2. The molecule has 0 unspecified atom stereocenters. The molecule has 1 aliphatic rings. The smallest absolute Gasteiger partial charge is 0.262 e. The molecule has 0 aliphatic carbocycles. The highest BCUT2D eigenvalue weighted by atomic mass is 16.5. The fourth-order valence-corrected chi connectivity index (χ4v) is 3.10. The van der Waals surface area contributed by atoms with Gasteiger partial charge in [0.2, 0.25) is 5.91 Å². The Labute approximate surface area is 163 Å². The van der Waals surface area contributed by atoms with Gasteiger partial charge in [0.05, 0.1) is 25.3 Å². The quantitative estimate of drug-likeness (QED) is 0.685. The number of hydrogen-bond donors (Lipinski definition) is 0. The van der Waals surface area contributed by atoms with E-state index < -0.39 is 11.8 Å². The number of fused-ring (bicyclic) bond motifs is 1. The molecule has 0 aromatic heterocycles. The van der Waals surface area contributed by atoms with Gasteiger partial charge in [-0.15, -0.1) is 0 Å². The van der Waals surface area contributed by atoms with E-state index in [2.05, 4.69) is 0 Å². The number of likely N-dealkylation sites (N-methyl/N-ethyl adjacent to an activating group) is 1. The highest BCUT2D eigenvalue weighted by Crippen LogP contribution is 2.27. The second-order valence-corrected chi connectivity index (χ2v) is 6.50. The summed E-state index contributed by atoms with van der Waals surface area (Å²) in [4.78, 5) is 39.8. The van der Waals surface area contributed by atoms with Crippen LogP contribution in [0.25, 0.3) is 0 Å². The number of rotatable bonds is 7. The summed E-state index contributed by atoms with van der Waals surface area (Å²) in [7, 11) is 4.80. The molecule has 7 heteroatoms. The molecule has 2 aromatic carbocycles. The van der Waals surface area contributed by atoms with E-state index in [4.69, 9.17) is 9.47 Å². The molecule has 0 fully saturated rings. The first-order valence-electron chi connectivity index (χ1n) is 8.86. The number of carbonyl (C=O) groups is 3. The molecule has 1 aliphatic heterocycles. The molecular weight excluding hydrogens is 360 g/mol. The zero-order chi connectivity index (χ0) is 20.3. The van der Waals surface area contributed by atoms with E-state index in [0.717, 1.165) is 10.5 Å². The third-order valence-electron chi connectivity index (χ3n) is 4.78. The summed E-state index contributed by atoms with van der Waals surface area (Å²) in [5.74, 6) is 0.112. The van der Waals surface area contributed by atoms with Crippen LogP contribution >= 0.6 is 0 Å². The molecule has 0 spiro atoms. The predicted octanol–water partition coefficient (Wildman–Crippen LogP) is 2.00. The third-order valence-corrected chi connectivity index (χ3v) is 4.78. The lowest BCUT2D eigenvalue weighted by atomic mass is 10.1. The Hall–Kier alpha value is -3.35. The Morgan fingerprint density at radius 3 is 2.14 bits per heavy atom. The lowest BCUT2D eigenvalue weighted by Gasteiger charge is -2.21. The summed E-state index contributed by atoms with van der Waals surface area (Å²) in [5, 5.41) is 0. The van der Waals surface area contributed by atoms with Gasteiger partial charge in [-0.25, -0.2) is 0 Å². The van der Waals surface area contributed by atoms with E-state index in [1.807, 2.05) is 18.2 Å². The highest BCUT2D eigenvalue weighted by molar-refractivity contribution is 6.22. The summed E-state index contributed by atoms with van der Waals surface area (Å²) in [5.41, 5.74) is 1.67. The van der Waals surface area contributed by atoms with Crippen molar-refractivity contribution in [3.63, 3.8) is 0 Å². The average molecular weight is 382 g/mol. The van der Waals surface area contributed by atoms with E-state index >= 15 is 0 Å². The SMILES string of the molecule is COc1ccc(CCN(C)C(=O)CN2C(=O)c3ccccc3C2=O)cc1OC. The normalized spacial score (nSPS) is 12.8. The van der Waals surface area contributed by atoms with Crippen molar-refractivity contribution in [2.24, 2.45) is 0 Å². The maximum Gasteiger partial charge on any atom is 0.262 e. The van der Waals surface area contributed by atoms with Gasteiger partial charge in [0, 0.05) is 13.6 Å². The molecule has 0 N–H and O–H groups in total. The van der Waals surface area contributed by atoms with Crippen LogP contribution in [0.2, 0.25) is 0 Å². The number of carbonyl (C=O) groups excluding carboxylic acids is 3. The maximum atomic E-state index is 12.5. The van der Waals surface area contributed by atoms with E-state index in [0.29, 0.717) is 35.6 Å². The molecule has 0 saturated heterocycles. The number of nitrogens with zero attached hydrogens (tertiary/aromatic N) is 2. The van der Waals surface area contributed by atoms with Crippen molar-refractivity contribution in [3.05, 3.63) is 59.2 Å². The summed E-state index contributed by atoms with van der Waals surface area (Å²) in [6, 6.07) is 12.2. The molecule has 3 amide bonds. The second-order valence-electron chi connectivity index (χ2n) is 6.50. The molecule has 3 rings (SSSR count). The molecule has 28 heavy (non-hydrogen) atoms. The van der Waals surface area contributed by atoms with Crippen LogP contribution in [0.3, 0.4) is 0 Å². The van der Waals surface area contributed by atoms with Crippen LogP contribution in [0.4, 0.5) is 0 Å². The minimum Gasteiger partial charge on any atom is -0.493 e. The summed E-state index contributed by atoms with van der Waals surface area (Å²) in [6.45, 7) is 0.173. The van der Waals surface area contributed by atoms with Gasteiger partial charge in [0.1, 0.15) is 6.54 Å². The Balaban J connectivity index is 1.60. The summed E-state index contributed by atoms with van der Waals surface area (Å²) < 4.78 is 10.5. The third kappa shape index (κ3) is 3.69. The van der Waals surface area contributed by atoms with Crippen LogP contribution in [-0.2, 0) is 11.2 Å². The molecule has 0 bridgehead atoms. The zero-order valence-electron chi connectivity index (χ0n) is 16.1. The van der Waals surface area contributed by atoms with Gasteiger partial charge in [0.15, 0.2) is 11.5 Å². The predicted molar refractivity (Wildman–Crippen MR) is 103 cm³/mol. The Morgan fingerprint density at radius 1 is 0.964 bits per heavy atom. The minimum absolute atomic E-state index is 0.269. The summed E-state index contributed by atoms with van der Waals surface area (Å²) in [6.07, 6.45) is 0.602. The molecule has 0 atom stereocenters. The number of hydrogen-bond acceptors (Lipinski definition) is 5. The van der Waals surface area contributed by atoms with Crippen LogP contribution in [0.15, 0.2) is 42.5 Å². The summed E-state index contributed by atoms with van der Waals surface area (Å²) >= 11 is 0. The van der Waals surface area contributed by atoms with E-state index in [1.54, 1.807) is 45.5 Å². The first-order valence-corrected chi connectivity index (χ1v) is 8.86. The van der Waals surface area contributed by atoms with Crippen molar-refractivity contribution in [1.82, 2.24) is 9.80 Å². The topological polar surface area (TPSA) is 76.2 Å². The lowest BCUT2D eigenvalue weighted by molar-refractivity contribution is -0.130.